The van der Waals surface area contributed by atoms with E-state index < -0.39 is 0 Å². The fourth-order valence-electron chi connectivity index (χ4n) is 1.55. The number of hydrogen-bond donors (Lipinski definition) is 2. The molecule has 1 saturated heterocycles. The van der Waals surface area contributed by atoms with E-state index in [2.05, 4.69) is 15.5 Å². The normalized spacial score (nSPS) is 17.9. The summed E-state index contributed by atoms with van der Waals surface area (Å²) < 4.78 is 5.41. The maximum absolute atomic E-state index is 5.41. The van der Waals surface area contributed by atoms with Gasteiger partial charge < -0.3 is 15.5 Å². The van der Waals surface area contributed by atoms with Gasteiger partial charge in [0.1, 0.15) is 0 Å². The number of aromatic nitrogens is 2. The van der Waals surface area contributed by atoms with Crippen LogP contribution in [0.3, 0.4) is 0 Å². The Bertz CT molecular complexity index is 298. The van der Waals surface area contributed by atoms with Crippen molar-refractivity contribution in [2.45, 2.75) is 25.3 Å². The first-order valence-corrected chi connectivity index (χ1v) is 6.40. The Morgan fingerprint density at radius 2 is 2.20 bits per heavy atom. The van der Waals surface area contributed by atoms with Crippen molar-refractivity contribution < 1.29 is 4.42 Å². The Labute approximate surface area is 93.2 Å². The predicted molar refractivity (Wildman–Crippen MR) is 61.0 cm³/mol. The Morgan fingerprint density at radius 3 is 2.93 bits per heavy atom. The van der Waals surface area contributed by atoms with Gasteiger partial charge in [-0.2, -0.15) is 11.8 Å². The summed E-state index contributed by atoms with van der Waals surface area (Å²) in [6, 6.07) is 1.02. The highest BCUT2D eigenvalue weighted by atomic mass is 32.2. The molecule has 0 aliphatic carbocycles. The van der Waals surface area contributed by atoms with E-state index in [9.17, 15) is 0 Å². The molecule has 1 aromatic rings. The van der Waals surface area contributed by atoms with Crippen LogP contribution < -0.4 is 11.1 Å². The highest BCUT2D eigenvalue weighted by molar-refractivity contribution is 7.99. The first-order chi connectivity index (χ1) is 7.38. The molecule has 84 valence electrons. The third-order valence-corrected chi connectivity index (χ3v) is 3.42. The second-order valence-corrected chi connectivity index (χ2v) is 4.80. The van der Waals surface area contributed by atoms with Crippen LogP contribution in [0.4, 0.5) is 6.01 Å². The molecule has 5 nitrogen and oxygen atoms in total. The van der Waals surface area contributed by atoms with Gasteiger partial charge in [0.25, 0.3) is 0 Å². The van der Waals surface area contributed by atoms with Gasteiger partial charge in [-0.3, -0.25) is 0 Å². The highest BCUT2D eigenvalue weighted by Crippen LogP contribution is 2.20. The molecule has 6 heteroatoms. The van der Waals surface area contributed by atoms with Gasteiger partial charge in [-0.05, 0) is 24.3 Å². The zero-order chi connectivity index (χ0) is 10.5. The number of anilines is 1. The standard InChI is InChI=1S/C9H16N4OS/c10-4-1-8-12-13-9(14-8)11-7-2-5-15-6-3-7/h7H,1-6,10H2,(H,11,13). The molecule has 1 aromatic heterocycles. The summed E-state index contributed by atoms with van der Waals surface area (Å²) in [5.41, 5.74) is 5.40. The van der Waals surface area contributed by atoms with E-state index in [0.29, 0.717) is 30.9 Å². The minimum atomic E-state index is 0.484. The number of nitrogens with two attached hydrogens (primary N) is 1. The minimum absolute atomic E-state index is 0.484. The molecule has 0 bridgehead atoms. The van der Waals surface area contributed by atoms with Gasteiger partial charge in [0, 0.05) is 19.0 Å². The van der Waals surface area contributed by atoms with E-state index >= 15 is 0 Å². The summed E-state index contributed by atoms with van der Waals surface area (Å²) in [7, 11) is 0. The molecule has 0 radical (unpaired) electrons. The predicted octanol–water partition coefficient (Wildman–Crippen LogP) is 0.878. The van der Waals surface area contributed by atoms with E-state index in [1.165, 1.54) is 24.3 Å². The van der Waals surface area contributed by atoms with Crippen molar-refractivity contribution in [3.63, 3.8) is 0 Å². The Morgan fingerprint density at radius 1 is 1.40 bits per heavy atom. The van der Waals surface area contributed by atoms with Crippen LogP contribution in [0.1, 0.15) is 18.7 Å². The number of nitrogens with zero attached hydrogens (tertiary/aromatic N) is 2. The van der Waals surface area contributed by atoms with E-state index in [0.717, 1.165) is 0 Å². The van der Waals surface area contributed by atoms with Crippen LogP contribution in [0.2, 0.25) is 0 Å². The van der Waals surface area contributed by atoms with Crippen molar-refractivity contribution in [3.8, 4) is 0 Å². The van der Waals surface area contributed by atoms with Crippen molar-refractivity contribution in [2.24, 2.45) is 5.73 Å². The van der Waals surface area contributed by atoms with Gasteiger partial charge in [0.15, 0.2) is 0 Å². The second kappa shape index (κ2) is 5.37. The molecule has 2 heterocycles. The molecule has 1 aliphatic heterocycles. The molecule has 1 fully saturated rings. The van der Waals surface area contributed by atoms with Crippen LogP contribution in [0.25, 0.3) is 0 Å². The second-order valence-electron chi connectivity index (χ2n) is 3.57. The first kappa shape index (κ1) is 10.8. The summed E-state index contributed by atoms with van der Waals surface area (Å²) in [6.45, 7) is 0.543. The maximum Gasteiger partial charge on any atom is 0.315 e. The van der Waals surface area contributed by atoms with E-state index in [1.807, 2.05) is 11.8 Å². The van der Waals surface area contributed by atoms with Gasteiger partial charge in [-0.15, -0.1) is 5.10 Å². The van der Waals surface area contributed by atoms with Crippen molar-refractivity contribution in [3.05, 3.63) is 5.89 Å². The molecule has 0 amide bonds. The largest absolute Gasteiger partial charge is 0.408 e. The Balaban J connectivity index is 1.86. The molecule has 3 N–H and O–H groups in total. The molecule has 0 atom stereocenters. The number of thioether (sulfide) groups is 1. The topological polar surface area (TPSA) is 77.0 Å². The Hall–Kier alpha value is -0.750. The van der Waals surface area contributed by atoms with Gasteiger partial charge in [0.05, 0.1) is 0 Å². The molecule has 15 heavy (non-hydrogen) atoms. The fourth-order valence-corrected chi connectivity index (χ4v) is 2.66. The minimum Gasteiger partial charge on any atom is -0.408 e. The summed E-state index contributed by atoms with van der Waals surface area (Å²) in [5, 5.41) is 11.1. The van der Waals surface area contributed by atoms with Crippen LogP contribution in [0.15, 0.2) is 4.42 Å². The van der Waals surface area contributed by atoms with Crippen LogP contribution >= 0.6 is 11.8 Å². The average Bonchev–Trinajstić information content (AvgIpc) is 2.68. The maximum atomic E-state index is 5.41. The van der Waals surface area contributed by atoms with Crippen molar-refractivity contribution in [2.75, 3.05) is 23.4 Å². The lowest BCUT2D eigenvalue weighted by Crippen LogP contribution is -2.24. The monoisotopic (exact) mass is 228 g/mol. The van der Waals surface area contributed by atoms with Gasteiger partial charge in [0.2, 0.25) is 5.89 Å². The summed E-state index contributed by atoms with van der Waals surface area (Å²) in [5.74, 6) is 3.04. The molecule has 0 saturated carbocycles. The smallest absolute Gasteiger partial charge is 0.315 e. The molecule has 2 rings (SSSR count). The van der Waals surface area contributed by atoms with Crippen molar-refractivity contribution in [1.82, 2.24) is 10.2 Å². The highest BCUT2D eigenvalue weighted by Gasteiger charge is 2.15. The number of nitrogens with one attached hydrogen (secondary N) is 1. The summed E-state index contributed by atoms with van der Waals surface area (Å²) in [4.78, 5) is 0. The molecular formula is C9H16N4OS. The number of hydrogen-bond acceptors (Lipinski definition) is 6. The zero-order valence-corrected chi connectivity index (χ0v) is 9.42. The first-order valence-electron chi connectivity index (χ1n) is 5.25. The molecular weight excluding hydrogens is 212 g/mol. The molecule has 0 unspecified atom stereocenters. The quantitative estimate of drug-likeness (QED) is 0.796. The molecule has 0 aromatic carbocycles. The van der Waals surface area contributed by atoms with Crippen LogP contribution in [-0.2, 0) is 6.42 Å². The van der Waals surface area contributed by atoms with E-state index in [1.54, 1.807) is 0 Å². The van der Waals surface area contributed by atoms with E-state index in [4.69, 9.17) is 10.2 Å². The third kappa shape index (κ3) is 3.10. The van der Waals surface area contributed by atoms with Crippen molar-refractivity contribution >= 4 is 17.8 Å². The van der Waals surface area contributed by atoms with Crippen LogP contribution in [0.5, 0.6) is 0 Å². The van der Waals surface area contributed by atoms with Gasteiger partial charge in [-0.25, -0.2) is 0 Å². The van der Waals surface area contributed by atoms with Crippen LogP contribution in [-0.4, -0.2) is 34.3 Å². The summed E-state index contributed by atoms with van der Waals surface area (Å²) in [6.07, 6.45) is 2.98. The molecule has 1 aliphatic rings. The van der Waals surface area contributed by atoms with Gasteiger partial charge >= 0.3 is 6.01 Å². The van der Waals surface area contributed by atoms with Crippen LogP contribution in [0, 0.1) is 0 Å². The fraction of sp³-hybridized carbons (Fsp3) is 0.778. The number of rotatable bonds is 4. The van der Waals surface area contributed by atoms with E-state index in [-0.39, 0.29) is 0 Å². The SMILES string of the molecule is NCCc1nnc(NC2CCSCC2)o1. The summed E-state index contributed by atoms with van der Waals surface area (Å²) >= 11 is 2.00. The average molecular weight is 228 g/mol. The lowest BCUT2D eigenvalue weighted by molar-refractivity contribution is 0.495. The third-order valence-electron chi connectivity index (χ3n) is 2.37. The molecule has 0 spiro atoms. The van der Waals surface area contributed by atoms with Crippen molar-refractivity contribution in [1.29, 1.82) is 0 Å². The Kier molecular flexibility index (Phi) is 3.85. The van der Waals surface area contributed by atoms with Gasteiger partial charge in [-0.1, -0.05) is 5.10 Å². The lowest BCUT2D eigenvalue weighted by Gasteiger charge is -2.20. The zero-order valence-electron chi connectivity index (χ0n) is 8.61. The lowest BCUT2D eigenvalue weighted by atomic mass is 10.2.